The summed E-state index contributed by atoms with van der Waals surface area (Å²) in [5.41, 5.74) is -0.313. The monoisotopic (exact) mass is 288 g/mol. The number of primary sulfonamides is 1. The number of rotatable bonds is 5. The molecule has 0 bridgehead atoms. The summed E-state index contributed by atoms with van der Waals surface area (Å²) in [7, 11) is -3.66. The van der Waals surface area contributed by atoms with E-state index in [-0.39, 0.29) is 17.9 Å². The number of amides is 2. The maximum Gasteiger partial charge on any atom is 0.356 e. The molecule has 1 aromatic rings. The van der Waals surface area contributed by atoms with Gasteiger partial charge < -0.3 is 15.7 Å². The Morgan fingerprint density at radius 2 is 2.11 bits per heavy atom. The van der Waals surface area contributed by atoms with Crippen molar-refractivity contribution in [1.82, 2.24) is 10.3 Å². The Balaban J connectivity index is 2.60. The van der Waals surface area contributed by atoms with Crippen molar-refractivity contribution >= 4 is 27.7 Å². The first kappa shape index (κ1) is 14.9. The zero-order valence-corrected chi connectivity index (χ0v) is 10.5. The van der Waals surface area contributed by atoms with Gasteiger partial charge in [-0.1, -0.05) is 0 Å². The Morgan fingerprint density at radius 1 is 1.42 bits per heavy atom. The molecule has 0 aliphatic rings. The van der Waals surface area contributed by atoms with E-state index in [2.05, 4.69) is 15.6 Å². The third kappa shape index (κ3) is 5.31. The van der Waals surface area contributed by atoms with Gasteiger partial charge in [0, 0.05) is 12.7 Å². The Bertz CT molecular complexity index is 586. The highest BCUT2D eigenvalue weighted by Gasteiger charge is 2.13. The SMILES string of the molecule is NS(=O)(=O)CCNC(=O)Nc1cccnc1C(=O)O. The number of sulfonamides is 1. The third-order valence-electron chi connectivity index (χ3n) is 1.93. The number of anilines is 1. The molecule has 0 radical (unpaired) electrons. The van der Waals surface area contributed by atoms with Crippen LogP contribution in [0.2, 0.25) is 0 Å². The number of carboxylic acid groups (broad SMARTS) is 1. The first-order valence-electron chi connectivity index (χ1n) is 5.03. The molecule has 0 unspecified atom stereocenters. The number of nitrogens with one attached hydrogen (secondary N) is 2. The van der Waals surface area contributed by atoms with Crippen LogP contribution in [0.1, 0.15) is 10.5 Å². The normalized spacial score (nSPS) is 10.8. The van der Waals surface area contributed by atoms with Gasteiger partial charge in [-0.3, -0.25) is 0 Å². The molecule has 0 atom stereocenters. The van der Waals surface area contributed by atoms with Crippen molar-refractivity contribution in [3.63, 3.8) is 0 Å². The molecular weight excluding hydrogens is 276 g/mol. The molecule has 0 fully saturated rings. The molecule has 1 rings (SSSR count). The molecule has 0 aromatic carbocycles. The Kier molecular flexibility index (Phi) is 4.78. The quantitative estimate of drug-likeness (QED) is 0.556. The largest absolute Gasteiger partial charge is 0.476 e. The van der Waals surface area contributed by atoms with Crippen LogP contribution in [0.15, 0.2) is 18.3 Å². The summed E-state index contributed by atoms with van der Waals surface area (Å²) >= 11 is 0. The van der Waals surface area contributed by atoms with E-state index in [4.69, 9.17) is 10.2 Å². The number of hydrogen-bond donors (Lipinski definition) is 4. The van der Waals surface area contributed by atoms with Crippen LogP contribution >= 0.6 is 0 Å². The first-order chi connectivity index (χ1) is 8.79. The van der Waals surface area contributed by atoms with Crippen LogP contribution in [-0.2, 0) is 10.0 Å². The van der Waals surface area contributed by atoms with Crippen LogP contribution in [0.5, 0.6) is 0 Å². The molecule has 2 amide bonds. The topological polar surface area (TPSA) is 151 Å². The summed E-state index contributed by atoms with van der Waals surface area (Å²) in [6.07, 6.45) is 1.27. The number of carbonyl (C=O) groups is 2. The minimum Gasteiger partial charge on any atom is -0.476 e. The van der Waals surface area contributed by atoms with Crippen molar-refractivity contribution in [2.24, 2.45) is 5.14 Å². The van der Waals surface area contributed by atoms with Gasteiger partial charge in [0.1, 0.15) is 0 Å². The maximum atomic E-state index is 11.4. The van der Waals surface area contributed by atoms with Gasteiger partial charge in [-0.2, -0.15) is 0 Å². The summed E-state index contributed by atoms with van der Waals surface area (Å²) in [6.45, 7) is -0.187. The lowest BCUT2D eigenvalue weighted by molar-refractivity contribution is 0.0691. The number of nitrogens with two attached hydrogens (primary N) is 1. The van der Waals surface area contributed by atoms with Crippen molar-refractivity contribution < 1.29 is 23.1 Å². The predicted molar refractivity (Wildman–Crippen MR) is 66.2 cm³/mol. The van der Waals surface area contributed by atoms with Crippen molar-refractivity contribution in [2.45, 2.75) is 0 Å². The van der Waals surface area contributed by atoms with Crippen molar-refractivity contribution in [2.75, 3.05) is 17.6 Å². The molecule has 5 N–H and O–H groups in total. The number of carboxylic acids is 1. The van der Waals surface area contributed by atoms with Crippen LogP contribution in [0, 0.1) is 0 Å². The molecule has 0 spiro atoms. The van der Waals surface area contributed by atoms with E-state index in [0.29, 0.717) is 0 Å². The molecule has 10 heteroatoms. The van der Waals surface area contributed by atoms with Gasteiger partial charge in [-0.05, 0) is 12.1 Å². The van der Waals surface area contributed by atoms with Gasteiger partial charge in [-0.15, -0.1) is 0 Å². The molecule has 9 nitrogen and oxygen atoms in total. The fourth-order valence-electron chi connectivity index (χ4n) is 1.15. The summed E-state index contributed by atoms with van der Waals surface area (Å²) in [6, 6.07) is 2.06. The van der Waals surface area contributed by atoms with Crippen LogP contribution in [-0.4, -0.2) is 42.8 Å². The number of hydrogen-bond acceptors (Lipinski definition) is 5. The van der Waals surface area contributed by atoms with Crippen LogP contribution < -0.4 is 15.8 Å². The molecule has 0 aliphatic carbocycles. The summed E-state index contributed by atoms with van der Waals surface area (Å²) in [5.74, 6) is -1.71. The summed E-state index contributed by atoms with van der Waals surface area (Å²) < 4.78 is 21.3. The lowest BCUT2D eigenvalue weighted by Crippen LogP contribution is -2.34. The van der Waals surface area contributed by atoms with Gasteiger partial charge in [-0.25, -0.2) is 28.1 Å². The van der Waals surface area contributed by atoms with E-state index < -0.39 is 27.8 Å². The highest BCUT2D eigenvalue weighted by atomic mass is 32.2. The zero-order valence-electron chi connectivity index (χ0n) is 9.66. The highest BCUT2D eigenvalue weighted by molar-refractivity contribution is 7.89. The molecule has 1 heterocycles. The smallest absolute Gasteiger partial charge is 0.356 e. The average molecular weight is 288 g/mol. The first-order valence-corrected chi connectivity index (χ1v) is 6.75. The molecule has 0 saturated heterocycles. The lowest BCUT2D eigenvalue weighted by atomic mass is 10.3. The van der Waals surface area contributed by atoms with Crippen molar-refractivity contribution in [3.05, 3.63) is 24.0 Å². The average Bonchev–Trinajstić information content (AvgIpc) is 2.27. The minimum atomic E-state index is -3.66. The Morgan fingerprint density at radius 3 is 2.68 bits per heavy atom. The number of aromatic carboxylic acids is 1. The van der Waals surface area contributed by atoms with E-state index in [0.717, 1.165) is 0 Å². The fraction of sp³-hybridized carbons (Fsp3) is 0.222. The molecule has 0 aliphatic heterocycles. The zero-order chi connectivity index (χ0) is 14.5. The van der Waals surface area contributed by atoms with E-state index >= 15 is 0 Å². The van der Waals surface area contributed by atoms with Gasteiger partial charge in [0.2, 0.25) is 10.0 Å². The molecule has 19 heavy (non-hydrogen) atoms. The van der Waals surface area contributed by atoms with E-state index in [1.54, 1.807) is 0 Å². The summed E-state index contributed by atoms with van der Waals surface area (Å²) in [4.78, 5) is 25.8. The van der Waals surface area contributed by atoms with Crippen LogP contribution in [0.25, 0.3) is 0 Å². The van der Waals surface area contributed by atoms with Crippen LogP contribution in [0.4, 0.5) is 10.5 Å². The molecule has 1 aromatic heterocycles. The van der Waals surface area contributed by atoms with Crippen LogP contribution in [0.3, 0.4) is 0 Å². The fourth-order valence-corrected chi connectivity index (χ4v) is 1.54. The molecular formula is C9H12N4O5S. The van der Waals surface area contributed by atoms with E-state index in [1.807, 2.05) is 0 Å². The van der Waals surface area contributed by atoms with Gasteiger partial charge >= 0.3 is 12.0 Å². The second kappa shape index (κ2) is 6.11. The Hall–Kier alpha value is -2.20. The number of aromatic nitrogens is 1. The maximum absolute atomic E-state index is 11.4. The van der Waals surface area contributed by atoms with Crippen molar-refractivity contribution in [1.29, 1.82) is 0 Å². The third-order valence-corrected chi connectivity index (χ3v) is 2.70. The van der Waals surface area contributed by atoms with Crippen molar-refractivity contribution in [3.8, 4) is 0 Å². The highest BCUT2D eigenvalue weighted by Crippen LogP contribution is 2.11. The van der Waals surface area contributed by atoms with Gasteiger partial charge in [0.25, 0.3) is 0 Å². The second-order valence-electron chi connectivity index (χ2n) is 3.45. The Labute approximate surface area is 108 Å². The van der Waals surface area contributed by atoms with E-state index in [1.165, 1.54) is 18.3 Å². The summed E-state index contributed by atoms with van der Waals surface area (Å²) in [5, 5.41) is 18.1. The van der Waals surface area contributed by atoms with Gasteiger partial charge in [0.05, 0.1) is 11.4 Å². The minimum absolute atomic E-state index is 0.00288. The molecule has 104 valence electrons. The molecule has 0 saturated carbocycles. The van der Waals surface area contributed by atoms with E-state index in [9.17, 15) is 18.0 Å². The second-order valence-corrected chi connectivity index (χ2v) is 5.19. The number of nitrogens with zero attached hydrogens (tertiary/aromatic N) is 1. The number of carbonyl (C=O) groups excluding carboxylic acids is 1. The lowest BCUT2D eigenvalue weighted by Gasteiger charge is -2.08. The number of urea groups is 1. The number of pyridine rings is 1. The van der Waals surface area contributed by atoms with Gasteiger partial charge in [0.15, 0.2) is 5.69 Å². The predicted octanol–water partition coefficient (Wildman–Crippen LogP) is -0.810. The standard InChI is InChI=1S/C9H12N4O5S/c10-19(17,18)5-4-12-9(16)13-6-2-1-3-11-7(6)8(14)15/h1-3H,4-5H2,(H,14,15)(H2,10,17,18)(H2,12,13,16).